The molecule has 0 saturated carbocycles. The zero-order valence-electron chi connectivity index (χ0n) is 11.2. The van der Waals surface area contributed by atoms with Crippen LogP contribution in [0.5, 0.6) is 0 Å². The number of likely N-dealkylation sites (tertiary alicyclic amines) is 1. The van der Waals surface area contributed by atoms with E-state index in [0.29, 0.717) is 18.5 Å². The number of piperidine rings is 1. The summed E-state index contributed by atoms with van der Waals surface area (Å²) in [6.07, 6.45) is 2.93. The van der Waals surface area contributed by atoms with Gasteiger partial charge in [0.05, 0.1) is 6.54 Å². The molecule has 0 aromatic rings. The van der Waals surface area contributed by atoms with E-state index in [9.17, 15) is 4.79 Å². The van der Waals surface area contributed by atoms with Gasteiger partial charge < -0.3 is 15.8 Å². The first kappa shape index (κ1) is 13.8. The molecule has 5 heteroatoms. The van der Waals surface area contributed by atoms with Crippen molar-refractivity contribution in [3.8, 4) is 0 Å². The number of ether oxygens (including phenoxy) is 1. The summed E-state index contributed by atoms with van der Waals surface area (Å²) in [5, 5.41) is 3.09. The molecule has 2 atom stereocenters. The summed E-state index contributed by atoms with van der Waals surface area (Å²) in [5.41, 5.74) is 5.99. The van der Waals surface area contributed by atoms with Gasteiger partial charge in [0.15, 0.2) is 0 Å². The van der Waals surface area contributed by atoms with E-state index in [1.807, 2.05) is 0 Å². The Morgan fingerprint density at radius 1 is 1.39 bits per heavy atom. The number of nitrogens with zero attached hydrogens (tertiary/aromatic N) is 1. The minimum absolute atomic E-state index is 0.128. The standard InChI is InChI=1S/C13H25N3O2/c1-10-6-11(14)8-16(7-10)9-13(17)15-12-2-4-18-5-3-12/h10-12H,2-9,14H2,1H3,(H,15,17). The van der Waals surface area contributed by atoms with Gasteiger partial charge in [-0.25, -0.2) is 0 Å². The Balaban J connectivity index is 1.72. The zero-order valence-corrected chi connectivity index (χ0v) is 11.2. The molecule has 0 spiro atoms. The lowest BCUT2D eigenvalue weighted by Gasteiger charge is -2.34. The van der Waals surface area contributed by atoms with Crippen LogP contribution in [0.2, 0.25) is 0 Å². The highest BCUT2D eigenvalue weighted by Crippen LogP contribution is 2.14. The quantitative estimate of drug-likeness (QED) is 0.742. The summed E-state index contributed by atoms with van der Waals surface area (Å²) >= 11 is 0. The zero-order chi connectivity index (χ0) is 13.0. The second-order valence-electron chi connectivity index (χ2n) is 5.75. The van der Waals surface area contributed by atoms with E-state index in [4.69, 9.17) is 10.5 Å². The molecule has 2 rings (SSSR count). The van der Waals surface area contributed by atoms with Crippen molar-refractivity contribution in [1.29, 1.82) is 0 Å². The minimum atomic E-state index is 0.128. The maximum Gasteiger partial charge on any atom is 0.234 e. The van der Waals surface area contributed by atoms with Crippen LogP contribution in [-0.2, 0) is 9.53 Å². The van der Waals surface area contributed by atoms with E-state index in [1.165, 1.54) is 0 Å². The van der Waals surface area contributed by atoms with Crippen LogP contribution in [0, 0.1) is 5.92 Å². The lowest BCUT2D eigenvalue weighted by Crippen LogP contribution is -2.51. The smallest absolute Gasteiger partial charge is 0.234 e. The van der Waals surface area contributed by atoms with E-state index in [-0.39, 0.29) is 11.9 Å². The summed E-state index contributed by atoms with van der Waals surface area (Å²) in [6.45, 7) is 6.02. The molecule has 2 saturated heterocycles. The van der Waals surface area contributed by atoms with Crippen LogP contribution in [-0.4, -0.2) is 55.7 Å². The molecule has 3 N–H and O–H groups in total. The molecule has 2 heterocycles. The Morgan fingerprint density at radius 3 is 2.78 bits per heavy atom. The van der Waals surface area contributed by atoms with Crippen molar-refractivity contribution in [2.75, 3.05) is 32.8 Å². The van der Waals surface area contributed by atoms with Gasteiger partial charge in [-0.05, 0) is 25.2 Å². The van der Waals surface area contributed by atoms with Crippen molar-refractivity contribution < 1.29 is 9.53 Å². The number of carbonyl (C=O) groups is 1. The van der Waals surface area contributed by atoms with E-state index in [0.717, 1.165) is 45.6 Å². The van der Waals surface area contributed by atoms with Crippen LogP contribution in [0.1, 0.15) is 26.2 Å². The molecule has 2 aliphatic rings. The Morgan fingerprint density at radius 2 is 2.11 bits per heavy atom. The van der Waals surface area contributed by atoms with Crippen LogP contribution in [0.15, 0.2) is 0 Å². The van der Waals surface area contributed by atoms with Crippen LogP contribution >= 0.6 is 0 Å². The fraction of sp³-hybridized carbons (Fsp3) is 0.923. The van der Waals surface area contributed by atoms with Gasteiger partial charge in [0.1, 0.15) is 0 Å². The first-order valence-electron chi connectivity index (χ1n) is 6.98. The van der Waals surface area contributed by atoms with Crippen LogP contribution < -0.4 is 11.1 Å². The predicted molar refractivity (Wildman–Crippen MR) is 70.2 cm³/mol. The van der Waals surface area contributed by atoms with Gasteiger partial charge in [-0.1, -0.05) is 6.92 Å². The highest BCUT2D eigenvalue weighted by molar-refractivity contribution is 5.78. The highest BCUT2D eigenvalue weighted by atomic mass is 16.5. The molecule has 2 unspecified atom stereocenters. The third-order valence-corrected chi connectivity index (χ3v) is 3.72. The number of rotatable bonds is 3. The molecule has 0 radical (unpaired) electrons. The van der Waals surface area contributed by atoms with Gasteiger partial charge in [-0.15, -0.1) is 0 Å². The van der Waals surface area contributed by atoms with Crippen LogP contribution in [0.25, 0.3) is 0 Å². The largest absolute Gasteiger partial charge is 0.381 e. The molecule has 0 aliphatic carbocycles. The molecule has 1 amide bonds. The van der Waals surface area contributed by atoms with Gasteiger partial charge in [0.25, 0.3) is 0 Å². The maximum absolute atomic E-state index is 12.0. The maximum atomic E-state index is 12.0. The molecule has 2 aliphatic heterocycles. The van der Waals surface area contributed by atoms with Crippen molar-refractivity contribution in [3.63, 3.8) is 0 Å². The van der Waals surface area contributed by atoms with E-state index >= 15 is 0 Å². The van der Waals surface area contributed by atoms with Crippen LogP contribution in [0.4, 0.5) is 0 Å². The number of carbonyl (C=O) groups excluding carboxylic acids is 1. The van der Waals surface area contributed by atoms with Crippen molar-refractivity contribution in [1.82, 2.24) is 10.2 Å². The lowest BCUT2D eigenvalue weighted by atomic mass is 9.96. The van der Waals surface area contributed by atoms with Gasteiger partial charge in [-0.3, -0.25) is 9.69 Å². The normalized spacial score (nSPS) is 31.2. The molecule has 18 heavy (non-hydrogen) atoms. The summed E-state index contributed by atoms with van der Waals surface area (Å²) < 4.78 is 5.28. The van der Waals surface area contributed by atoms with Crippen molar-refractivity contribution >= 4 is 5.91 Å². The molecule has 5 nitrogen and oxygen atoms in total. The Bertz CT molecular complexity index is 269. The van der Waals surface area contributed by atoms with E-state index < -0.39 is 0 Å². The summed E-state index contributed by atoms with van der Waals surface area (Å²) in [6, 6.07) is 0.506. The SMILES string of the molecule is CC1CC(N)CN(CC(=O)NC2CCOCC2)C1. The first-order valence-corrected chi connectivity index (χ1v) is 6.98. The number of amides is 1. The van der Waals surface area contributed by atoms with Crippen LogP contribution in [0.3, 0.4) is 0 Å². The van der Waals surface area contributed by atoms with Gasteiger partial charge in [0, 0.05) is 38.4 Å². The Hall–Kier alpha value is -0.650. The van der Waals surface area contributed by atoms with E-state index in [1.54, 1.807) is 0 Å². The summed E-state index contributed by atoms with van der Waals surface area (Å²) in [5.74, 6) is 0.716. The third-order valence-electron chi connectivity index (χ3n) is 3.72. The molecule has 0 bridgehead atoms. The average Bonchev–Trinajstić information content (AvgIpc) is 2.28. The molecule has 2 fully saturated rings. The number of nitrogens with two attached hydrogens (primary N) is 1. The molecular weight excluding hydrogens is 230 g/mol. The van der Waals surface area contributed by atoms with Gasteiger partial charge in [0.2, 0.25) is 5.91 Å². The molecule has 0 aromatic carbocycles. The topological polar surface area (TPSA) is 67.6 Å². The van der Waals surface area contributed by atoms with Crippen molar-refractivity contribution in [3.05, 3.63) is 0 Å². The molecule has 0 aromatic heterocycles. The lowest BCUT2D eigenvalue weighted by molar-refractivity contribution is -0.124. The second kappa shape index (κ2) is 6.50. The second-order valence-corrected chi connectivity index (χ2v) is 5.75. The Kier molecular flexibility index (Phi) is 4.97. The Labute approximate surface area is 109 Å². The number of hydrogen-bond donors (Lipinski definition) is 2. The fourth-order valence-corrected chi connectivity index (χ4v) is 2.96. The van der Waals surface area contributed by atoms with Gasteiger partial charge >= 0.3 is 0 Å². The van der Waals surface area contributed by atoms with Gasteiger partial charge in [-0.2, -0.15) is 0 Å². The number of nitrogens with one attached hydrogen (secondary N) is 1. The predicted octanol–water partition coefficient (Wildman–Crippen LogP) is -0.0493. The minimum Gasteiger partial charge on any atom is -0.381 e. The van der Waals surface area contributed by atoms with Crippen molar-refractivity contribution in [2.45, 2.75) is 38.3 Å². The summed E-state index contributed by atoms with van der Waals surface area (Å²) in [7, 11) is 0. The molecular formula is C13H25N3O2. The average molecular weight is 255 g/mol. The monoisotopic (exact) mass is 255 g/mol. The number of hydrogen-bond acceptors (Lipinski definition) is 4. The first-order chi connectivity index (χ1) is 8.63. The highest BCUT2D eigenvalue weighted by Gasteiger charge is 2.24. The third kappa shape index (κ3) is 4.23. The van der Waals surface area contributed by atoms with E-state index in [2.05, 4.69) is 17.1 Å². The fourth-order valence-electron chi connectivity index (χ4n) is 2.96. The summed E-state index contributed by atoms with van der Waals surface area (Å²) in [4.78, 5) is 14.1. The van der Waals surface area contributed by atoms with Crippen molar-refractivity contribution in [2.24, 2.45) is 11.7 Å². The molecule has 104 valence electrons.